The Morgan fingerprint density at radius 1 is 0.690 bits per heavy atom. The molecule has 2 N–H and O–H groups in total. The number of unbranched alkanes of at least 4 members (excludes halogenated alkanes) is 13. The number of hydrogen-bond acceptors (Lipinski definition) is 4. The summed E-state index contributed by atoms with van der Waals surface area (Å²) < 4.78 is 5.06. The van der Waals surface area contributed by atoms with Crippen LogP contribution in [0.4, 0.5) is 0 Å². The van der Waals surface area contributed by atoms with Crippen LogP contribution in [0.2, 0.25) is 0 Å². The van der Waals surface area contributed by atoms with Gasteiger partial charge in [-0.3, -0.25) is 9.59 Å². The van der Waals surface area contributed by atoms with Gasteiger partial charge in [0.2, 0.25) is 0 Å². The summed E-state index contributed by atoms with van der Waals surface area (Å²) in [5, 5.41) is 17.6. The van der Waals surface area contributed by atoms with Crippen molar-refractivity contribution in [2.45, 2.75) is 103 Å². The monoisotopic (exact) mass is 412 g/mol. The van der Waals surface area contributed by atoms with Gasteiger partial charge in [0.05, 0.1) is 6.61 Å². The first-order chi connectivity index (χ1) is 13.9. The van der Waals surface area contributed by atoms with Crippen molar-refractivity contribution in [3.8, 4) is 0 Å². The van der Waals surface area contributed by atoms with E-state index < -0.39 is 17.9 Å². The molecule has 0 aliphatic heterocycles. The van der Waals surface area contributed by atoms with Crippen molar-refractivity contribution in [2.24, 2.45) is 5.92 Å². The van der Waals surface area contributed by atoms with Gasteiger partial charge in [0.1, 0.15) is 0 Å². The van der Waals surface area contributed by atoms with E-state index in [0.717, 1.165) is 32.1 Å². The van der Waals surface area contributed by atoms with Crippen molar-refractivity contribution >= 4 is 17.9 Å². The second-order valence-electron chi connectivity index (χ2n) is 7.88. The van der Waals surface area contributed by atoms with Gasteiger partial charge in [-0.1, -0.05) is 90.0 Å². The van der Waals surface area contributed by atoms with Crippen LogP contribution in [0.3, 0.4) is 0 Å². The predicted octanol–water partition coefficient (Wildman–Crippen LogP) is 5.74. The molecule has 0 aromatic carbocycles. The quantitative estimate of drug-likeness (QED) is 0.114. The van der Waals surface area contributed by atoms with E-state index in [0.29, 0.717) is 18.6 Å². The highest BCUT2D eigenvalue weighted by molar-refractivity contribution is 5.92. The summed E-state index contributed by atoms with van der Waals surface area (Å²) in [6.45, 7) is 5.70. The normalized spacial score (nSPS) is 10.8. The number of hydrogen-bond donors (Lipinski definition) is 2. The van der Waals surface area contributed by atoms with Crippen LogP contribution in [0.15, 0.2) is 12.2 Å². The highest BCUT2D eigenvalue weighted by Gasteiger charge is 2.24. The molecule has 168 valence electrons. The molecule has 0 saturated heterocycles. The molecule has 0 unspecified atom stereocenters. The fourth-order valence-electron chi connectivity index (χ4n) is 3.21. The summed E-state index contributed by atoms with van der Waals surface area (Å²) in [5.41, 5.74) is 0.453. The molecule has 0 rings (SSSR count). The number of esters is 1. The van der Waals surface area contributed by atoms with Gasteiger partial charge in [-0.15, -0.1) is 0 Å². The van der Waals surface area contributed by atoms with Crippen LogP contribution in [-0.2, 0) is 19.1 Å². The summed E-state index contributed by atoms with van der Waals surface area (Å²) in [6.07, 6.45) is 15.9. The third-order valence-electron chi connectivity index (χ3n) is 5.06. The zero-order valence-electron chi connectivity index (χ0n) is 18.1. The molecule has 0 aliphatic carbocycles. The first-order valence-corrected chi connectivity index (χ1v) is 11.1. The molecule has 6 nitrogen and oxygen atoms in total. The lowest BCUT2D eigenvalue weighted by molar-refractivity contribution is -0.154. The van der Waals surface area contributed by atoms with Crippen LogP contribution in [0.5, 0.6) is 0 Å². The number of carbonyl (C=O) groups excluding carboxylic acids is 1. The molecular weight excluding hydrogens is 372 g/mol. The topological polar surface area (TPSA) is 101 Å². The Labute approximate surface area is 175 Å². The van der Waals surface area contributed by atoms with Crippen molar-refractivity contribution in [3.05, 3.63) is 12.2 Å². The number of rotatable bonds is 20. The van der Waals surface area contributed by atoms with Crippen LogP contribution < -0.4 is 0 Å². The van der Waals surface area contributed by atoms with E-state index >= 15 is 0 Å². The van der Waals surface area contributed by atoms with Gasteiger partial charge in [0, 0.05) is 5.57 Å². The number of carboxylic acid groups (broad SMARTS) is 2. The summed E-state index contributed by atoms with van der Waals surface area (Å²) in [5.74, 6) is -4.02. The van der Waals surface area contributed by atoms with Crippen LogP contribution in [0.25, 0.3) is 0 Å². The predicted molar refractivity (Wildman–Crippen MR) is 114 cm³/mol. The molecule has 0 heterocycles. The van der Waals surface area contributed by atoms with Gasteiger partial charge < -0.3 is 14.9 Å². The minimum atomic E-state index is -1.26. The molecule has 0 spiro atoms. The molecule has 0 radical (unpaired) electrons. The van der Waals surface area contributed by atoms with Crippen LogP contribution >= 0.6 is 0 Å². The molecule has 0 saturated carbocycles. The Balaban J connectivity index is 3.26. The SMILES string of the molecule is C=C(C)C(=O)OCCCCCCCCCCCCCCCCC(C(=O)O)C(=O)O. The summed E-state index contributed by atoms with van der Waals surface area (Å²) in [7, 11) is 0. The van der Waals surface area contributed by atoms with Gasteiger partial charge in [0.25, 0.3) is 0 Å². The minimum Gasteiger partial charge on any atom is -0.481 e. The average Bonchev–Trinajstić information content (AvgIpc) is 2.66. The molecule has 0 aliphatic rings. The van der Waals surface area contributed by atoms with E-state index in [1.165, 1.54) is 51.4 Å². The van der Waals surface area contributed by atoms with E-state index in [9.17, 15) is 14.4 Å². The molecule has 0 bridgehead atoms. The van der Waals surface area contributed by atoms with Crippen molar-refractivity contribution in [3.63, 3.8) is 0 Å². The fourth-order valence-corrected chi connectivity index (χ4v) is 3.21. The first kappa shape index (κ1) is 27.1. The summed E-state index contributed by atoms with van der Waals surface area (Å²) >= 11 is 0. The second-order valence-corrected chi connectivity index (χ2v) is 7.88. The lowest BCUT2D eigenvalue weighted by Crippen LogP contribution is -2.23. The van der Waals surface area contributed by atoms with Gasteiger partial charge in [-0.25, -0.2) is 4.79 Å². The zero-order valence-corrected chi connectivity index (χ0v) is 18.1. The third kappa shape index (κ3) is 16.8. The fraction of sp³-hybridized carbons (Fsp3) is 0.783. The standard InChI is InChI=1S/C23H40O6/c1-19(2)23(28)29-18-16-14-12-10-8-6-4-3-5-7-9-11-13-15-17-20(21(24)25)22(26)27/h20H,1,3-18H2,2H3,(H,24,25)(H,26,27). The van der Waals surface area contributed by atoms with E-state index in [1.807, 2.05) is 0 Å². The van der Waals surface area contributed by atoms with E-state index in [-0.39, 0.29) is 12.4 Å². The smallest absolute Gasteiger partial charge is 0.333 e. The third-order valence-corrected chi connectivity index (χ3v) is 5.06. The van der Waals surface area contributed by atoms with Gasteiger partial charge >= 0.3 is 17.9 Å². The highest BCUT2D eigenvalue weighted by Crippen LogP contribution is 2.15. The number of carbonyl (C=O) groups is 3. The summed E-state index contributed by atoms with van der Waals surface area (Å²) in [4.78, 5) is 32.7. The maximum atomic E-state index is 11.2. The second kappa shape index (κ2) is 18.2. The van der Waals surface area contributed by atoms with E-state index in [4.69, 9.17) is 14.9 Å². The Morgan fingerprint density at radius 2 is 1.03 bits per heavy atom. The molecule has 0 aromatic heterocycles. The van der Waals surface area contributed by atoms with Crippen LogP contribution in [0.1, 0.15) is 103 Å². The largest absolute Gasteiger partial charge is 0.481 e. The van der Waals surface area contributed by atoms with Crippen molar-refractivity contribution < 1.29 is 29.3 Å². The van der Waals surface area contributed by atoms with Gasteiger partial charge in [-0.05, 0) is 19.8 Å². The number of ether oxygens (including phenoxy) is 1. The number of aliphatic carboxylic acids is 2. The maximum absolute atomic E-state index is 11.2. The maximum Gasteiger partial charge on any atom is 0.333 e. The summed E-state index contributed by atoms with van der Waals surface area (Å²) in [6, 6.07) is 0. The molecule has 0 atom stereocenters. The molecular formula is C23H40O6. The van der Waals surface area contributed by atoms with Gasteiger partial charge in [0.15, 0.2) is 5.92 Å². The molecule has 0 fully saturated rings. The minimum absolute atomic E-state index is 0.226. The zero-order chi connectivity index (χ0) is 21.9. The van der Waals surface area contributed by atoms with Crippen molar-refractivity contribution in [1.29, 1.82) is 0 Å². The molecule has 0 aromatic rings. The molecule has 0 amide bonds. The molecule has 6 heteroatoms. The Hall–Kier alpha value is -1.85. The van der Waals surface area contributed by atoms with Gasteiger partial charge in [-0.2, -0.15) is 0 Å². The van der Waals surface area contributed by atoms with Crippen LogP contribution in [0, 0.1) is 5.92 Å². The highest BCUT2D eigenvalue weighted by atomic mass is 16.5. The average molecular weight is 413 g/mol. The Kier molecular flexibility index (Phi) is 17.0. The van der Waals surface area contributed by atoms with Crippen molar-refractivity contribution in [2.75, 3.05) is 6.61 Å². The Bertz CT molecular complexity index is 472. The van der Waals surface area contributed by atoms with Crippen molar-refractivity contribution in [1.82, 2.24) is 0 Å². The Morgan fingerprint density at radius 3 is 1.38 bits per heavy atom. The molecule has 29 heavy (non-hydrogen) atoms. The lowest BCUT2D eigenvalue weighted by atomic mass is 10.00. The van der Waals surface area contributed by atoms with Crippen LogP contribution in [-0.4, -0.2) is 34.7 Å². The lowest BCUT2D eigenvalue weighted by Gasteiger charge is -2.07. The van der Waals surface area contributed by atoms with E-state index in [1.54, 1.807) is 6.92 Å². The first-order valence-electron chi connectivity index (χ1n) is 11.1. The van der Waals surface area contributed by atoms with E-state index in [2.05, 4.69) is 6.58 Å². The number of carboxylic acids is 2.